The number of ether oxygens (including phenoxy) is 1. The maximum atomic E-state index is 13.7. The van der Waals surface area contributed by atoms with Gasteiger partial charge in [-0.25, -0.2) is 12.8 Å². The molecule has 2 aliphatic rings. The molecule has 0 saturated carbocycles. The molecule has 1 amide bonds. The fraction of sp³-hybridized carbons (Fsp3) is 0.429. The topological polar surface area (TPSA) is 107 Å². The second kappa shape index (κ2) is 12.4. The van der Waals surface area contributed by atoms with E-state index < -0.39 is 39.3 Å². The molecule has 1 N–H and O–H groups in total. The van der Waals surface area contributed by atoms with E-state index in [1.807, 2.05) is 0 Å². The van der Waals surface area contributed by atoms with Gasteiger partial charge in [-0.05, 0) is 48.4 Å². The van der Waals surface area contributed by atoms with Gasteiger partial charge in [0.2, 0.25) is 10.0 Å². The molecule has 2 aromatic carbocycles. The third kappa shape index (κ3) is 6.06. The Labute approximate surface area is 228 Å². The van der Waals surface area contributed by atoms with E-state index in [9.17, 15) is 27.5 Å². The summed E-state index contributed by atoms with van der Waals surface area (Å²) in [5.74, 6) is -2.46. The Hall–Kier alpha value is -3.12. The maximum absolute atomic E-state index is 13.7. The van der Waals surface area contributed by atoms with Crippen LogP contribution in [0.3, 0.4) is 0 Å². The second-order valence-electron chi connectivity index (χ2n) is 9.47. The van der Waals surface area contributed by atoms with Crippen LogP contribution in [0.5, 0.6) is 0 Å². The minimum Gasteiger partial charge on any atom is -0.507 e. The van der Waals surface area contributed by atoms with Crippen LogP contribution in [0, 0.1) is 5.82 Å². The van der Waals surface area contributed by atoms with Crippen LogP contribution in [-0.4, -0.2) is 91.8 Å². The Morgan fingerprint density at radius 2 is 1.62 bits per heavy atom. The number of carbonyl (C=O) groups is 2. The van der Waals surface area contributed by atoms with Gasteiger partial charge in [-0.2, -0.15) is 4.31 Å². The van der Waals surface area contributed by atoms with Crippen LogP contribution in [0.2, 0.25) is 0 Å². The SMILES string of the molecule is CCN(CC)S(=O)(=O)c1ccc(C(O)=C2C(=O)C(=O)N(CCCN3CCOCC3)[C@@H]2c2ccc(F)cc2)cc1. The van der Waals surface area contributed by atoms with Gasteiger partial charge in [-0.3, -0.25) is 14.5 Å². The van der Waals surface area contributed by atoms with E-state index in [0.717, 1.165) is 13.1 Å². The summed E-state index contributed by atoms with van der Waals surface area (Å²) < 4.78 is 46.1. The smallest absolute Gasteiger partial charge is 0.295 e. The first kappa shape index (κ1) is 28.9. The molecule has 11 heteroatoms. The highest BCUT2D eigenvalue weighted by molar-refractivity contribution is 7.89. The Morgan fingerprint density at radius 1 is 1.00 bits per heavy atom. The fourth-order valence-electron chi connectivity index (χ4n) is 5.04. The average Bonchev–Trinajstić information content (AvgIpc) is 3.19. The van der Waals surface area contributed by atoms with Crippen LogP contribution in [0.15, 0.2) is 59.0 Å². The number of aliphatic hydroxyl groups excluding tert-OH is 1. The molecule has 2 heterocycles. The molecule has 4 rings (SSSR count). The van der Waals surface area contributed by atoms with E-state index in [-0.39, 0.29) is 22.6 Å². The number of hydrogen-bond donors (Lipinski definition) is 1. The number of morpholine rings is 1. The van der Waals surface area contributed by atoms with E-state index in [1.165, 1.54) is 57.7 Å². The minimum absolute atomic E-state index is 0.0569. The summed E-state index contributed by atoms with van der Waals surface area (Å²) >= 11 is 0. The number of Topliss-reactive ketones (excluding diaryl/α,β-unsaturated/α-hetero) is 1. The Bertz CT molecular complexity index is 1320. The number of rotatable bonds is 10. The van der Waals surface area contributed by atoms with Crippen molar-refractivity contribution in [2.45, 2.75) is 31.2 Å². The number of likely N-dealkylation sites (tertiary alicyclic amines) is 1. The van der Waals surface area contributed by atoms with Gasteiger partial charge < -0.3 is 14.7 Å². The van der Waals surface area contributed by atoms with Crippen molar-refractivity contribution in [2.75, 3.05) is 52.5 Å². The van der Waals surface area contributed by atoms with Gasteiger partial charge in [0, 0.05) is 44.8 Å². The predicted molar refractivity (Wildman–Crippen MR) is 144 cm³/mol. The molecule has 0 spiro atoms. The van der Waals surface area contributed by atoms with Gasteiger partial charge in [-0.1, -0.05) is 26.0 Å². The first-order valence-electron chi connectivity index (χ1n) is 13.1. The number of carbonyl (C=O) groups excluding carboxylic acids is 2. The van der Waals surface area contributed by atoms with Crippen molar-refractivity contribution in [3.8, 4) is 0 Å². The highest BCUT2D eigenvalue weighted by Crippen LogP contribution is 2.39. The number of aliphatic hydroxyl groups is 1. The van der Waals surface area contributed by atoms with E-state index in [0.29, 0.717) is 44.8 Å². The van der Waals surface area contributed by atoms with Crippen LogP contribution in [-0.2, 0) is 24.3 Å². The number of nitrogens with zero attached hydrogens (tertiary/aromatic N) is 3. The lowest BCUT2D eigenvalue weighted by molar-refractivity contribution is -0.140. The molecule has 2 saturated heterocycles. The van der Waals surface area contributed by atoms with E-state index >= 15 is 0 Å². The van der Waals surface area contributed by atoms with Gasteiger partial charge in [0.15, 0.2) is 0 Å². The minimum atomic E-state index is -3.71. The summed E-state index contributed by atoms with van der Waals surface area (Å²) in [4.78, 5) is 30.1. The fourth-order valence-corrected chi connectivity index (χ4v) is 6.50. The van der Waals surface area contributed by atoms with Gasteiger partial charge in [0.05, 0.1) is 29.7 Å². The molecular weight excluding hydrogens is 525 g/mol. The van der Waals surface area contributed by atoms with E-state index in [4.69, 9.17) is 4.74 Å². The number of benzene rings is 2. The zero-order chi connectivity index (χ0) is 28.2. The normalized spacial score (nSPS) is 20.2. The summed E-state index contributed by atoms with van der Waals surface area (Å²) in [6.45, 7) is 7.98. The molecule has 39 heavy (non-hydrogen) atoms. The van der Waals surface area contributed by atoms with Gasteiger partial charge >= 0.3 is 0 Å². The van der Waals surface area contributed by atoms with Crippen LogP contribution < -0.4 is 0 Å². The Morgan fingerprint density at radius 3 is 2.21 bits per heavy atom. The lowest BCUT2D eigenvalue weighted by atomic mass is 9.95. The second-order valence-corrected chi connectivity index (χ2v) is 11.4. The van der Waals surface area contributed by atoms with Crippen molar-refractivity contribution >= 4 is 27.5 Å². The average molecular weight is 560 g/mol. The molecule has 2 aromatic rings. The van der Waals surface area contributed by atoms with Crippen LogP contribution >= 0.6 is 0 Å². The molecule has 1 atom stereocenters. The molecule has 0 aliphatic carbocycles. The standard InChI is InChI=1S/C28H34FN3O6S/c1-3-31(4-2)39(36,37)23-12-8-21(9-13-23)26(33)24-25(20-6-10-22(29)11-7-20)32(28(35)27(24)34)15-5-14-30-16-18-38-19-17-30/h6-13,25,33H,3-5,14-19H2,1-2H3/t25-/m1/s1. The van der Waals surface area contributed by atoms with Crippen molar-refractivity contribution in [2.24, 2.45) is 0 Å². The van der Waals surface area contributed by atoms with Crippen molar-refractivity contribution < 1.29 is 32.2 Å². The monoisotopic (exact) mass is 559 g/mol. The zero-order valence-electron chi connectivity index (χ0n) is 22.2. The number of amides is 1. The summed E-state index contributed by atoms with van der Waals surface area (Å²) in [7, 11) is -3.71. The summed E-state index contributed by atoms with van der Waals surface area (Å²) in [6, 6.07) is 10.1. The molecule has 0 unspecified atom stereocenters. The summed E-state index contributed by atoms with van der Waals surface area (Å²) in [5.41, 5.74) is 0.577. The summed E-state index contributed by atoms with van der Waals surface area (Å²) in [6.07, 6.45) is 0.600. The molecule has 210 valence electrons. The van der Waals surface area contributed by atoms with Gasteiger partial charge in [0.1, 0.15) is 11.6 Å². The molecular formula is C28H34FN3O6S. The summed E-state index contributed by atoms with van der Waals surface area (Å²) in [5, 5.41) is 11.3. The number of ketones is 1. The van der Waals surface area contributed by atoms with Crippen molar-refractivity contribution in [3.63, 3.8) is 0 Å². The third-order valence-electron chi connectivity index (χ3n) is 7.17. The zero-order valence-corrected chi connectivity index (χ0v) is 23.0. The number of halogens is 1. The van der Waals surface area contributed by atoms with Gasteiger partial charge in [0.25, 0.3) is 11.7 Å². The maximum Gasteiger partial charge on any atom is 0.295 e. The van der Waals surface area contributed by atoms with Crippen LogP contribution in [0.4, 0.5) is 4.39 Å². The quantitative estimate of drug-likeness (QED) is 0.271. The van der Waals surface area contributed by atoms with Crippen LogP contribution in [0.1, 0.15) is 37.4 Å². The van der Waals surface area contributed by atoms with Crippen molar-refractivity contribution in [3.05, 3.63) is 71.0 Å². The molecule has 9 nitrogen and oxygen atoms in total. The Kier molecular flexibility index (Phi) is 9.16. The predicted octanol–water partition coefficient (Wildman–Crippen LogP) is 3.00. The van der Waals surface area contributed by atoms with E-state index in [1.54, 1.807) is 13.8 Å². The largest absolute Gasteiger partial charge is 0.507 e. The molecule has 0 radical (unpaired) electrons. The highest BCUT2D eigenvalue weighted by Gasteiger charge is 2.45. The number of hydrogen-bond acceptors (Lipinski definition) is 7. The first-order chi connectivity index (χ1) is 18.7. The lowest BCUT2D eigenvalue weighted by Crippen LogP contribution is -2.38. The number of sulfonamides is 1. The molecule has 0 aromatic heterocycles. The van der Waals surface area contributed by atoms with Crippen LogP contribution in [0.25, 0.3) is 5.76 Å². The van der Waals surface area contributed by atoms with Gasteiger partial charge in [-0.15, -0.1) is 0 Å². The van der Waals surface area contributed by atoms with Crippen molar-refractivity contribution in [1.82, 2.24) is 14.1 Å². The Balaban J connectivity index is 1.67. The molecule has 0 bridgehead atoms. The lowest BCUT2D eigenvalue weighted by Gasteiger charge is -2.29. The molecule has 2 fully saturated rings. The first-order valence-corrected chi connectivity index (χ1v) is 14.6. The highest BCUT2D eigenvalue weighted by atomic mass is 32.2. The molecule has 2 aliphatic heterocycles. The third-order valence-corrected chi connectivity index (χ3v) is 9.24. The van der Waals surface area contributed by atoms with E-state index in [2.05, 4.69) is 4.90 Å². The van der Waals surface area contributed by atoms with Crippen molar-refractivity contribution in [1.29, 1.82) is 0 Å².